The number of ether oxygens (including phenoxy) is 4. The Bertz CT molecular complexity index is 2190. The minimum Gasteiger partial charge on any atom is -0.497 e. The van der Waals surface area contributed by atoms with Gasteiger partial charge in [-0.05, 0) is 72.2 Å². The van der Waals surface area contributed by atoms with Gasteiger partial charge in [-0.1, -0.05) is 18.2 Å². The molecule has 3 N–H and O–H groups in total. The second kappa shape index (κ2) is 16.0. The molecule has 0 saturated carbocycles. The van der Waals surface area contributed by atoms with Crippen LogP contribution in [0.25, 0.3) is 21.8 Å². The van der Waals surface area contributed by atoms with Gasteiger partial charge in [-0.2, -0.15) is 4.31 Å². The fraction of sp³-hybridized carbons (Fsp3) is 0.316. The fourth-order valence-electron chi connectivity index (χ4n) is 6.43. The number of carbonyl (C=O) groups excluding carboxylic acids is 2. The van der Waals surface area contributed by atoms with E-state index in [0.29, 0.717) is 25.1 Å². The summed E-state index contributed by atoms with van der Waals surface area (Å²) in [5.41, 5.74) is 3.54. The van der Waals surface area contributed by atoms with Gasteiger partial charge in [0.15, 0.2) is 5.76 Å². The van der Waals surface area contributed by atoms with E-state index in [-0.39, 0.29) is 42.2 Å². The van der Waals surface area contributed by atoms with E-state index in [1.807, 2.05) is 48.7 Å². The molecule has 1 aliphatic rings. The Morgan fingerprint density at radius 3 is 2.50 bits per heavy atom. The maximum Gasteiger partial charge on any atom is 0.286 e. The number of hydrogen-bond donors (Lipinski definition) is 3. The first-order valence-corrected chi connectivity index (χ1v) is 18.3. The lowest BCUT2D eigenvalue weighted by Gasteiger charge is -2.30. The standard InChI is InChI=1S/C38H42N4O9S/c1-25(44)42-24-33(31-6-4-5-7-35(31)42)27-20-36(38(45)39-15-14-26-23-40-34-13-10-29(49-3)22-32(26)34)51-37(21-27)50-19-17-41(16-18-43)52(46,47)30-11-8-28(48-2)9-12-30/h4-13,20,22-24,27,37,40,43H,14-19,21H2,1-3H3,(H,39,45). The molecular weight excluding hydrogens is 689 g/mol. The van der Waals surface area contributed by atoms with Crippen molar-refractivity contribution in [2.24, 2.45) is 0 Å². The second-order valence-corrected chi connectivity index (χ2v) is 14.3. The number of aliphatic hydroxyl groups is 1. The third kappa shape index (κ3) is 7.84. The summed E-state index contributed by atoms with van der Waals surface area (Å²) >= 11 is 0. The van der Waals surface area contributed by atoms with Crippen LogP contribution in [0.4, 0.5) is 0 Å². The maximum absolute atomic E-state index is 13.6. The van der Waals surface area contributed by atoms with Gasteiger partial charge in [0.2, 0.25) is 22.2 Å². The lowest BCUT2D eigenvalue weighted by Crippen LogP contribution is -2.38. The Labute approximate surface area is 301 Å². The van der Waals surface area contributed by atoms with E-state index >= 15 is 0 Å². The molecule has 5 aromatic rings. The topological polar surface area (TPSA) is 161 Å². The van der Waals surface area contributed by atoms with Crippen LogP contribution in [0.15, 0.2) is 95.9 Å². The number of aromatic nitrogens is 2. The molecular formula is C38H42N4O9S. The quantitative estimate of drug-likeness (QED) is 0.140. The zero-order valence-corrected chi connectivity index (χ0v) is 30.0. The number of nitrogens with one attached hydrogen (secondary N) is 2. The lowest BCUT2D eigenvalue weighted by molar-refractivity contribution is -0.146. The van der Waals surface area contributed by atoms with Crippen LogP contribution in [0.1, 0.15) is 35.2 Å². The van der Waals surface area contributed by atoms with Crippen LogP contribution in [0.5, 0.6) is 11.5 Å². The van der Waals surface area contributed by atoms with Crippen molar-refractivity contribution in [2.45, 2.75) is 36.9 Å². The molecule has 0 aliphatic carbocycles. The Morgan fingerprint density at radius 2 is 1.77 bits per heavy atom. The van der Waals surface area contributed by atoms with Crippen molar-refractivity contribution < 1.29 is 42.1 Å². The van der Waals surface area contributed by atoms with Crippen LogP contribution >= 0.6 is 0 Å². The highest BCUT2D eigenvalue weighted by Gasteiger charge is 2.32. The number of nitrogens with zero attached hydrogens (tertiary/aromatic N) is 2. The molecule has 0 spiro atoms. The van der Waals surface area contributed by atoms with Crippen LogP contribution in [-0.2, 0) is 30.7 Å². The van der Waals surface area contributed by atoms with Crippen LogP contribution in [0.2, 0.25) is 0 Å². The van der Waals surface area contributed by atoms with Gasteiger partial charge in [0.05, 0.1) is 37.8 Å². The zero-order valence-electron chi connectivity index (χ0n) is 29.2. The van der Waals surface area contributed by atoms with E-state index < -0.39 is 28.8 Å². The molecule has 2 unspecified atom stereocenters. The van der Waals surface area contributed by atoms with E-state index in [1.54, 1.807) is 36.1 Å². The average Bonchev–Trinajstić information content (AvgIpc) is 3.76. The van der Waals surface area contributed by atoms with E-state index in [0.717, 1.165) is 43.0 Å². The Hall–Kier alpha value is -5.15. The van der Waals surface area contributed by atoms with Gasteiger partial charge in [0.1, 0.15) is 11.5 Å². The molecule has 0 bridgehead atoms. The van der Waals surface area contributed by atoms with Gasteiger partial charge in [-0.15, -0.1) is 0 Å². The highest BCUT2D eigenvalue weighted by molar-refractivity contribution is 7.89. The summed E-state index contributed by atoms with van der Waals surface area (Å²) in [6.45, 7) is 1.11. The molecule has 0 saturated heterocycles. The molecule has 1 amide bonds. The second-order valence-electron chi connectivity index (χ2n) is 12.3. The normalized spacial score (nSPS) is 16.1. The van der Waals surface area contributed by atoms with E-state index in [4.69, 9.17) is 18.9 Å². The average molecular weight is 731 g/mol. The first-order chi connectivity index (χ1) is 25.1. The van der Waals surface area contributed by atoms with Gasteiger partial charge >= 0.3 is 0 Å². The number of allylic oxidation sites excluding steroid dienone is 1. The number of H-pyrrole nitrogens is 1. The summed E-state index contributed by atoms with van der Waals surface area (Å²) in [4.78, 5) is 29.5. The van der Waals surface area contributed by atoms with Crippen LogP contribution in [0.3, 0.4) is 0 Å². The molecule has 1 aliphatic heterocycles. The number of methoxy groups -OCH3 is 2. The third-order valence-corrected chi connectivity index (χ3v) is 11.0. The van der Waals surface area contributed by atoms with Gasteiger partial charge in [-0.3, -0.25) is 14.2 Å². The monoisotopic (exact) mass is 730 g/mol. The molecule has 13 nitrogen and oxygen atoms in total. The number of para-hydroxylation sites is 1. The fourth-order valence-corrected chi connectivity index (χ4v) is 7.85. The zero-order chi connectivity index (χ0) is 36.8. The molecule has 3 heterocycles. The highest BCUT2D eigenvalue weighted by atomic mass is 32.2. The summed E-state index contributed by atoms with van der Waals surface area (Å²) in [6.07, 6.45) is 5.35. The SMILES string of the molecule is COc1ccc(S(=O)(=O)N(CCO)CCOC2CC(c3cn(C(C)=O)c4ccccc34)C=C(C(=O)NCCc3c[nH]c4ccc(OC)cc34)O2)cc1. The first kappa shape index (κ1) is 36.6. The van der Waals surface area contributed by atoms with Crippen molar-refractivity contribution in [3.63, 3.8) is 0 Å². The number of benzene rings is 3. The van der Waals surface area contributed by atoms with Gasteiger partial charge in [-0.25, -0.2) is 8.42 Å². The van der Waals surface area contributed by atoms with Crippen LogP contribution in [-0.4, -0.2) is 92.6 Å². The number of fused-ring (bicyclic) bond motifs is 2. The molecule has 3 aromatic carbocycles. The number of sulfonamides is 1. The third-order valence-electron chi connectivity index (χ3n) is 9.11. The summed E-state index contributed by atoms with van der Waals surface area (Å²) in [7, 11) is -0.862. The maximum atomic E-state index is 13.6. The number of hydrogen-bond acceptors (Lipinski definition) is 9. The van der Waals surface area contributed by atoms with Crippen molar-refractivity contribution in [1.82, 2.24) is 19.2 Å². The molecule has 274 valence electrons. The Balaban J connectivity index is 1.20. The van der Waals surface area contributed by atoms with Crippen molar-refractivity contribution in [1.29, 1.82) is 0 Å². The van der Waals surface area contributed by atoms with Crippen molar-refractivity contribution in [3.8, 4) is 11.5 Å². The molecule has 0 fully saturated rings. The summed E-state index contributed by atoms with van der Waals surface area (Å²) in [6, 6.07) is 19.3. The largest absolute Gasteiger partial charge is 0.497 e. The summed E-state index contributed by atoms with van der Waals surface area (Å²) < 4.78 is 52.3. The minimum atomic E-state index is -3.97. The smallest absolute Gasteiger partial charge is 0.286 e. The number of aliphatic hydroxyl groups excluding tert-OH is 1. The van der Waals surface area contributed by atoms with Crippen molar-refractivity contribution in [2.75, 3.05) is 47.1 Å². The molecule has 14 heteroatoms. The molecule has 52 heavy (non-hydrogen) atoms. The van der Waals surface area contributed by atoms with Crippen LogP contribution in [0, 0.1) is 0 Å². The molecule has 6 rings (SSSR count). The van der Waals surface area contributed by atoms with E-state index in [9.17, 15) is 23.1 Å². The highest BCUT2D eigenvalue weighted by Crippen LogP contribution is 2.36. The Morgan fingerprint density at radius 1 is 1.02 bits per heavy atom. The van der Waals surface area contributed by atoms with Crippen LogP contribution < -0.4 is 14.8 Å². The predicted octanol–water partition coefficient (Wildman–Crippen LogP) is 4.57. The molecule has 2 atom stereocenters. The lowest BCUT2D eigenvalue weighted by atomic mass is 9.92. The minimum absolute atomic E-state index is 0.0475. The number of amides is 1. The van der Waals surface area contributed by atoms with Crippen molar-refractivity contribution >= 4 is 43.6 Å². The summed E-state index contributed by atoms with van der Waals surface area (Å²) in [5, 5.41) is 14.5. The number of carbonyl (C=O) groups is 2. The molecule has 0 radical (unpaired) electrons. The van der Waals surface area contributed by atoms with Gasteiger partial charge in [0.25, 0.3) is 5.91 Å². The van der Waals surface area contributed by atoms with E-state index in [1.165, 1.54) is 26.2 Å². The molecule has 2 aromatic heterocycles. The van der Waals surface area contributed by atoms with Crippen molar-refractivity contribution in [3.05, 3.63) is 102 Å². The number of aromatic amines is 1. The van der Waals surface area contributed by atoms with Gasteiger partial charge in [0, 0.05) is 67.6 Å². The number of rotatable bonds is 15. The predicted molar refractivity (Wildman–Crippen MR) is 195 cm³/mol. The first-order valence-electron chi connectivity index (χ1n) is 16.9. The Kier molecular flexibility index (Phi) is 11.3. The summed E-state index contributed by atoms with van der Waals surface area (Å²) in [5.74, 6) is 0.343. The van der Waals surface area contributed by atoms with E-state index in [2.05, 4.69) is 10.3 Å². The van der Waals surface area contributed by atoms with Gasteiger partial charge < -0.3 is 34.4 Å².